The molecule has 1 aliphatic rings. The molecule has 0 spiro atoms. The fourth-order valence-corrected chi connectivity index (χ4v) is 3.53. The number of ether oxygens (including phenoxy) is 1. The Morgan fingerprint density at radius 2 is 2.19 bits per heavy atom. The predicted molar refractivity (Wildman–Crippen MR) is 98.9 cm³/mol. The van der Waals surface area contributed by atoms with Gasteiger partial charge in [-0.25, -0.2) is 4.39 Å². The number of hydrogen-bond donors (Lipinski definition) is 0. The van der Waals surface area contributed by atoms with Crippen LogP contribution in [0.4, 0.5) is 10.1 Å². The first-order valence-electron chi connectivity index (χ1n) is 8.69. The summed E-state index contributed by atoms with van der Waals surface area (Å²) in [5, 5.41) is 1.88. The monoisotopic (exact) mass is 350 g/mol. The highest BCUT2D eigenvalue weighted by molar-refractivity contribution is 5.96. The highest BCUT2D eigenvalue weighted by Crippen LogP contribution is 2.32. The number of anilines is 1. The number of benzene rings is 2. The van der Waals surface area contributed by atoms with Crippen molar-refractivity contribution in [2.75, 3.05) is 11.5 Å². The number of nitrogens with zero attached hydrogens (tertiary/aromatic N) is 2. The molecule has 0 radical (unpaired) electrons. The van der Waals surface area contributed by atoms with Crippen molar-refractivity contribution in [3.63, 3.8) is 0 Å². The smallest absolute Gasteiger partial charge is 0.265 e. The summed E-state index contributed by atoms with van der Waals surface area (Å²) < 4.78 is 19.3. The SMILES string of the molecule is C[C@H]1CCc2cc(F)ccc2N1C(=O)COc1cccc2cnccc12. The summed E-state index contributed by atoms with van der Waals surface area (Å²) in [5.74, 6) is 0.254. The molecular formula is C21H19FN2O2. The van der Waals surface area contributed by atoms with E-state index in [0.29, 0.717) is 5.75 Å². The van der Waals surface area contributed by atoms with E-state index in [1.807, 2.05) is 31.2 Å². The lowest BCUT2D eigenvalue weighted by Crippen LogP contribution is -2.44. The quantitative estimate of drug-likeness (QED) is 0.714. The Kier molecular flexibility index (Phi) is 4.29. The number of aromatic nitrogens is 1. The van der Waals surface area contributed by atoms with Crippen molar-refractivity contribution >= 4 is 22.4 Å². The van der Waals surface area contributed by atoms with Crippen LogP contribution in [0.1, 0.15) is 18.9 Å². The number of halogens is 1. The van der Waals surface area contributed by atoms with Crippen LogP contribution in [0.15, 0.2) is 54.9 Å². The average Bonchev–Trinajstić information content (AvgIpc) is 2.66. The summed E-state index contributed by atoms with van der Waals surface area (Å²) in [5.41, 5.74) is 1.65. The van der Waals surface area contributed by atoms with Crippen molar-refractivity contribution in [3.05, 3.63) is 66.2 Å². The number of amides is 1. The Bertz CT molecular complexity index is 968. The second kappa shape index (κ2) is 6.75. The molecule has 0 N–H and O–H groups in total. The Balaban J connectivity index is 1.57. The number of carbonyl (C=O) groups excluding carboxylic acids is 1. The molecule has 0 saturated carbocycles. The number of hydrogen-bond acceptors (Lipinski definition) is 3. The third kappa shape index (κ3) is 3.01. The van der Waals surface area contributed by atoms with Crippen LogP contribution in [-0.4, -0.2) is 23.5 Å². The van der Waals surface area contributed by atoms with Gasteiger partial charge in [-0.1, -0.05) is 12.1 Å². The van der Waals surface area contributed by atoms with Crippen molar-refractivity contribution in [2.24, 2.45) is 0 Å². The van der Waals surface area contributed by atoms with E-state index in [0.717, 1.165) is 34.9 Å². The lowest BCUT2D eigenvalue weighted by atomic mass is 9.96. The fourth-order valence-electron chi connectivity index (χ4n) is 3.53. The van der Waals surface area contributed by atoms with E-state index in [9.17, 15) is 9.18 Å². The Labute approximate surface area is 151 Å². The average molecular weight is 350 g/mol. The Morgan fingerprint density at radius 3 is 3.08 bits per heavy atom. The molecule has 2 heterocycles. The standard InChI is InChI=1S/C21H19FN2O2/c1-14-5-6-15-11-17(22)7-8-19(15)24(14)21(25)13-26-20-4-2-3-16-12-23-10-9-18(16)20/h2-4,7-12,14H,5-6,13H2,1H3/t14-/m0/s1. The number of fused-ring (bicyclic) bond motifs is 2. The molecule has 0 saturated heterocycles. The third-order valence-corrected chi connectivity index (χ3v) is 4.83. The third-order valence-electron chi connectivity index (χ3n) is 4.83. The summed E-state index contributed by atoms with van der Waals surface area (Å²) in [6.07, 6.45) is 5.05. The molecule has 2 aromatic carbocycles. The summed E-state index contributed by atoms with van der Waals surface area (Å²) >= 11 is 0. The highest BCUT2D eigenvalue weighted by atomic mass is 19.1. The van der Waals surface area contributed by atoms with Crippen molar-refractivity contribution in [2.45, 2.75) is 25.8 Å². The second-order valence-corrected chi connectivity index (χ2v) is 6.57. The molecule has 0 aliphatic carbocycles. The van der Waals surface area contributed by atoms with Crippen molar-refractivity contribution in [3.8, 4) is 5.75 Å². The zero-order chi connectivity index (χ0) is 18.1. The molecule has 1 amide bonds. The molecule has 132 valence electrons. The molecule has 3 aromatic rings. The number of rotatable bonds is 3. The van der Waals surface area contributed by atoms with E-state index < -0.39 is 0 Å². The van der Waals surface area contributed by atoms with Gasteiger partial charge in [-0.3, -0.25) is 9.78 Å². The van der Waals surface area contributed by atoms with Crippen LogP contribution in [-0.2, 0) is 11.2 Å². The van der Waals surface area contributed by atoms with Crippen LogP contribution < -0.4 is 9.64 Å². The van der Waals surface area contributed by atoms with Crippen molar-refractivity contribution in [1.82, 2.24) is 4.98 Å². The van der Waals surface area contributed by atoms with Gasteiger partial charge in [-0.15, -0.1) is 0 Å². The zero-order valence-corrected chi connectivity index (χ0v) is 14.5. The first-order valence-corrected chi connectivity index (χ1v) is 8.69. The van der Waals surface area contributed by atoms with Gasteiger partial charge in [0.1, 0.15) is 11.6 Å². The van der Waals surface area contributed by atoms with Gasteiger partial charge in [0.2, 0.25) is 0 Å². The molecular weight excluding hydrogens is 331 g/mol. The predicted octanol–water partition coefficient (Wildman–Crippen LogP) is 4.12. The number of pyridine rings is 1. The van der Waals surface area contributed by atoms with Crippen molar-refractivity contribution in [1.29, 1.82) is 0 Å². The minimum Gasteiger partial charge on any atom is -0.483 e. The molecule has 26 heavy (non-hydrogen) atoms. The molecule has 1 aliphatic heterocycles. The molecule has 0 unspecified atom stereocenters. The van der Waals surface area contributed by atoms with Crippen LogP contribution in [0.25, 0.3) is 10.8 Å². The van der Waals surface area contributed by atoms with Gasteiger partial charge in [0.05, 0.1) is 0 Å². The maximum Gasteiger partial charge on any atom is 0.265 e. The van der Waals surface area contributed by atoms with Gasteiger partial charge in [-0.05, 0) is 55.7 Å². The number of aryl methyl sites for hydroxylation is 1. The largest absolute Gasteiger partial charge is 0.483 e. The van der Waals surface area contributed by atoms with Crippen LogP contribution >= 0.6 is 0 Å². The van der Waals surface area contributed by atoms with Crippen LogP contribution in [0.3, 0.4) is 0 Å². The van der Waals surface area contributed by atoms with Gasteiger partial charge in [0, 0.05) is 34.9 Å². The van der Waals surface area contributed by atoms with Crippen LogP contribution in [0, 0.1) is 5.82 Å². The number of carbonyl (C=O) groups is 1. The lowest BCUT2D eigenvalue weighted by Gasteiger charge is -2.35. The normalized spacial score (nSPS) is 16.4. The van der Waals surface area contributed by atoms with Gasteiger partial charge in [0.15, 0.2) is 6.61 Å². The van der Waals surface area contributed by atoms with Crippen LogP contribution in [0.5, 0.6) is 5.75 Å². The summed E-state index contributed by atoms with van der Waals surface area (Å²) in [6.45, 7) is 1.94. The topological polar surface area (TPSA) is 42.4 Å². The second-order valence-electron chi connectivity index (χ2n) is 6.57. The van der Waals surface area contributed by atoms with Gasteiger partial charge in [0.25, 0.3) is 5.91 Å². The molecule has 1 atom stereocenters. The van der Waals surface area contributed by atoms with Gasteiger partial charge >= 0.3 is 0 Å². The van der Waals surface area contributed by atoms with E-state index in [1.165, 1.54) is 12.1 Å². The first kappa shape index (κ1) is 16.5. The Hall–Kier alpha value is -2.95. The molecule has 4 nitrogen and oxygen atoms in total. The Morgan fingerprint density at radius 1 is 1.31 bits per heavy atom. The molecule has 1 aromatic heterocycles. The molecule has 5 heteroatoms. The minimum absolute atomic E-state index is 0.0563. The lowest BCUT2D eigenvalue weighted by molar-refractivity contribution is -0.121. The van der Waals surface area contributed by atoms with E-state index in [-0.39, 0.29) is 24.4 Å². The minimum atomic E-state index is -0.272. The van der Waals surface area contributed by atoms with E-state index in [2.05, 4.69) is 4.98 Å². The maximum atomic E-state index is 13.5. The highest BCUT2D eigenvalue weighted by Gasteiger charge is 2.28. The summed E-state index contributed by atoms with van der Waals surface area (Å²) in [6, 6.07) is 12.2. The van der Waals surface area contributed by atoms with E-state index in [1.54, 1.807) is 23.4 Å². The van der Waals surface area contributed by atoms with Crippen LogP contribution in [0.2, 0.25) is 0 Å². The first-order chi connectivity index (χ1) is 12.6. The summed E-state index contributed by atoms with van der Waals surface area (Å²) in [4.78, 5) is 18.7. The summed E-state index contributed by atoms with van der Waals surface area (Å²) in [7, 11) is 0. The molecule has 0 fully saturated rings. The van der Waals surface area contributed by atoms with E-state index >= 15 is 0 Å². The fraction of sp³-hybridized carbons (Fsp3) is 0.238. The molecule has 0 bridgehead atoms. The molecule has 4 rings (SSSR count). The maximum absolute atomic E-state index is 13.5. The van der Waals surface area contributed by atoms with E-state index in [4.69, 9.17) is 4.74 Å². The van der Waals surface area contributed by atoms with Gasteiger partial charge in [-0.2, -0.15) is 0 Å². The van der Waals surface area contributed by atoms with Crippen molar-refractivity contribution < 1.29 is 13.9 Å². The zero-order valence-electron chi connectivity index (χ0n) is 14.5. The van der Waals surface area contributed by atoms with Gasteiger partial charge < -0.3 is 9.64 Å².